The second-order valence-corrected chi connectivity index (χ2v) is 5.51. The zero-order chi connectivity index (χ0) is 15.0. The summed E-state index contributed by atoms with van der Waals surface area (Å²) in [6.45, 7) is 2.89. The second-order valence-electron chi connectivity index (χ2n) is 5.51. The van der Waals surface area contributed by atoms with Gasteiger partial charge in [-0.1, -0.05) is 13.0 Å². The summed E-state index contributed by atoms with van der Waals surface area (Å²) in [5.41, 5.74) is 8.17. The third-order valence-electron chi connectivity index (χ3n) is 3.92. The molecule has 0 amide bonds. The molecule has 1 saturated carbocycles. The number of methoxy groups -OCH3 is 1. The molecule has 1 fully saturated rings. The van der Waals surface area contributed by atoms with Crippen LogP contribution in [0, 0.1) is 0 Å². The molecule has 0 unspecified atom stereocenters. The molecule has 0 aliphatic heterocycles. The fourth-order valence-electron chi connectivity index (χ4n) is 2.80. The minimum atomic E-state index is -0.126. The van der Waals surface area contributed by atoms with Crippen molar-refractivity contribution in [2.45, 2.75) is 38.6 Å². The fraction of sp³-hybridized carbons (Fsp3) is 0.438. The maximum atomic E-state index is 12.6. The molecule has 2 aromatic rings. The van der Waals surface area contributed by atoms with Crippen molar-refractivity contribution in [1.29, 1.82) is 0 Å². The van der Waals surface area contributed by atoms with E-state index < -0.39 is 0 Å². The van der Waals surface area contributed by atoms with E-state index in [1.165, 1.54) is 0 Å². The molecule has 0 atom stereocenters. The van der Waals surface area contributed by atoms with Crippen LogP contribution in [-0.4, -0.2) is 16.5 Å². The van der Waals surface area contributed by atoms with E-state index in [1.807, 2.05) is 28.9 Å². The van der Waals surface area contributed by atoms with Crippen molar-refractivity contribution in [3.05, 3.63) is 40.3 Å². The van der Waals surface area contributed by atoms with Gasteiger partial charge in [0, 0.05) is 18.5 Å². The maximum absolute atomic E-state index is 12.6. The predicted molar refractivity (Wildman–Crippen MR) is 83.3 cm³/mol. The van der Waals surface area contributed by atoms with E-state index in [9.17, 15) is 4.79 Å². The molecule has 3 rings (SSSR count). The largest absolute Gasteiger partial charge is 0.497 e. The van der Waals surface area contributed by atoms with Crippen molar-refractivity contribution < 1.29 is 4.74 Å². The van der Waals surface area contributed by atoms with E-state index in [4.69, 9.17) is 10.5 Å². The topological polar surface area (TPSA) is 62.2 Å². The van der Waals surface area contributed by atoms with Crippen molar-refractivity contribution in [2.75, 3.05) is 12.8 Å². The number of benzene rings is 1. The number of nitrogens with two attached hydrogens (primary N) is 1. The molecule has 0 saturated heterocycles. The third kappa shape index (κ3) is 2.33. The van der Waals surface area contributed by atoms with Gasteiger partial charge in [0.2, 0.25) is 0 Å². The average Bonchev–Trinajstić information content (AvgIpc) is 3.29. The Morgan fingerprint density at radius 3 is 2.76 bits per heavy atom. The van der Waals surface area contributed by atoms with Crippen LogP contribution in [0.4, 0.5) is 5.69 Å². The predicted octanol–water partition coefficient (Wildman–Crippen LogP) is 2.52. The Hall–Kier alpha value is -2.17. The molecule has 1 aliphatic carbocycles. The number of rotatable bonds is 5. The van der Waals surface area contributed by atoms with Gasteiger partial charge in [0.1, 0.15) is 11.4 Å². The first-order valence-corrected chi connectivity index (χ1v) is 7.43. The lowest BCUT2D eigenvalue weighted by Crippen LogP contribution is -2.22. The van der Waals surface area contributed by atoms with Crippen molar-refractivity contribution >= 4 is 5.69 Å². The first kappa shape index (κ1) is 13.8. The number of ether oxygens (including phenoxy) is 1. The molecular weight excluding hydrogens is 266 g/mol. The molecule has 2 N–H and O–H groups in total. The smallest absolute Gasteiger partial charge is 0.294 e. The van der Waals surface area contributed by atoms with Crippen LogP contribution < -0.4 is 16.0 Å². The summed E-state index contributed by atoms with van der Waals surface area (Å²) < 4.78 is 8.99. The molecule has 21 heavy (non-hydrogen) atoms. The summed E-state index contributed by atoms with van der Waals surface area (Å²) in [5.74, 6) is 1.17. The van der Waals surface area contributed by atoms with Crippen LogP contribution in [0.5, 0.6) is 5.75 Å². The van der Waals surface area contributed by atoms with Crippen molar-refractivity contribution in [2.24, 2.45) is 0 Å². The normalized spacial score (nSPS) is 14.4. The van der Waals surface area contributed by atoms with Gasteiger partial charge in [-0.2, -0.15) is 0 Å². The molecule has 0 spiro atoms. The Bertz CT molecular complexity index is 711. The van der Waals surface area contributed by atoms with E-state index in [1.54, 1.807) is 11.8 Å². The number of aromatic nitrogens is 2. The highest BCUT2D eigenvalue weighted by molar-refractivity contribution is 5.49. The molecule has 1 aliphatic rings. The molecule has 1 aromatic carbocycles. The van der Waals surface area contributed by atoms with E-state index in [0.717, 1.165) is 42.9 Å². The van der Waals surface area contributed by atoms with E-state index in [-0.39, 0.29) is 5.56 Å². The SMILES string of the molecule is CCCn1c(C2CC2)c(N)c(=O)n1-c1cccc(OC)c1. The van der Waals surface area contributed by atoms with E-state index >= 15 is 0 Å². The minimum Gasteiger partial charge on any atom is -0.497 e. The Labute approximate surface area is 123 Å². The van der Waals surface area contributed by atoms with Gasteiger partial charge in [0.05, 0.1) is 18.5 Å². The van der Waals surface area contributed by atoms with E-state index in [2.05, 4.69) is 6.92 Å². The zero-order valence-electron chi connectivity index (χ0n) is 12.5. The first-order chi connectivity index (χ1) is 10.2. The monoisotopic (exact) mass is 287 g/mol. The standard InChI is InChI=1S/C16H21N3O2/c1-3-9-18-15(11-7-8-11)14(17)16(20)19(18)12-5-4-6-13(10-12)21-2/h4-6,10-11H,3,7-9,17H2,1-2H3. The van der Waals surface area contributed by atoms with Gasteiger partial charge in [0.15, 0.2) is 0 Å². The van der Waals surface area contributed by atoms with Gasteiger partial charge in [-0.3, -0.25) is 9.48 Å². The summed E-state index contributed by atoms with van der Waals surface area (Å²) in [5, 5.41) is 0. The summed E-state index contributed by atoms with van der Waals surface area (Å²) in [6, 6.07) is 7.53. The number of nitrogens with zero attached hydrogens (tertiary/aromatic N) is 2. The quantitative estimate of drug-likeness (QED) is 0.919. The van der Waals surface area contributed by atoms with Crippen LogP contribution in [0.15, 0.2) is 29.1 Å². The number of nitrogen functional groups attached to an aromatic ring is 1. The van der Waals surface area contributed by atoms with Gasteiger partial charge < -0.3 is 10.5 Å². The van der Waals surface area contributed by atoms with E-state index in [0.29, 0.717) is 11.6 Å². The maximum Gasteiger partial charge on any atom is 0.294 e. The van der Waals surface area contributed by atoms with Crippen LogP contribution in [0.1, 0.15) is 37.8 Å². The fourth-order valence-corrected chi connectivity index (χ4v) is 2.80. The van der Waals surface area contributed by atoms with Crippen LogP contribution in [-0.2, 0) is 6.54 Å². The lowest BCUT2D eigenvalue weighted by Gasteiger charge is -2.14. The van der Waals surface area contributed by atoms with Gasteiger partial charge >= 0.3 is 0 Å². The lowest BCUT2D eigenvalue weighted by atomic mass is 10.2. The van der Waals surface area contributed by atoms with Crippen molar-refractivity contribution in [3.8, 4) is 11.4 Å². The lowest BCUT2D eigenvalue weighted by molar-refractivity contribution is 0.413. The Kier molecular flexibility index (Phi) is 3.49. The molecule has 5 heteroatoms. The number of hydrogen-bond donors (Lipinski definition) is 1. The van der Waals surface area contributed by atoms with Crippen LogP contribution in [0.25, 0.3) is 5.69 Å². The zero-order valence-corrected chi connectivity index (χ0v) is 12.5. The number of hydrogen-bond acceptors (Lipinski definition) is 3. The Balaban J connectivity index is 2.20. The third-order valence-corrected chi connectivity index (χ3v) is 3.92. The molecule has 5 nitrogen and oxygen atoms in total. The van der Waals surface area contributed by atoms with Crippen LogP contribution >= 0.6 is 0 Å². The second kappa shape index (κ2) is 5.31. The summed E-state index contributed by atoms with van der Waals surface area (Å²) in [7, 11) is 1.62. The molecule has 0 radical (unpaired) electrons. The molecular formula is C16H21N3O2. The number of anilines is 1. The Morgan fingerprint density at radius 2 is 2.14 bits per heavy atom. The van der Waals surface area contributed by atoms with Gasteiger partial charge in [-0.25, -0.2) is 4.68 Å². The highest BCUT2D eigenvalue weighted by atomic mass is 16.5. The van der Waals surface area contributed by atoms with Crippen molar-refractivity contribution in [1.82, 2.24) is 9.36 Å². The molecule has 1 heterocycles. The van der Waals surface area contributed by atoms with Gasteiger partial charge in [0.25, 0.3) is 5.56 Å². The summed E-state index contributed by atoms with van der Waals surface area (Å²) in [6.07, 6.45) is 3.20. The summed E-state index contributed by atoms with van der Waals surface area (Å²) in [4.78, 5) is 12.6. The molecule has 0 bridgehead atoms. The minimum absolute atomic E-state index is 0.126. The first-order valence-electron chi connectivity index (χ1n) is 7.43. The van der Waals surface area contributed by atoms with Crippen LogP contribution in [0.2, 0.25) is 0 Å². The van der Waals surface area contributed by atoms with Crippen molar-refractivity contribution in [3.63, 3.8) is 0 Å². The van der Waals surface area contributed by atoms with Crippen LogP contribution in [0.3, 0.4) is 0 Å². The molecule has 112 valence electrons. The average molecular weight is 287 g/mol. The highest BCUT2D eigenvalue weighted by Gasteiger charge is 2.32. The highest BCUT2D eigenvalue weighted by Crippen LogP contribution is 2.42. The summed E-state index contributed by atoms with van der Waals surface area (Å²) >= 11 is 0. The van der Waals surface area contributed by atoms with Gasteiger partial charge in [-0.15, -0.1) is 0 Å². The molecule has 1 aromatic heterocycles. The van der Waals surface area contributed by atoms with Gasteiger partial charge in [-0.05, 0) is 31.4 Å². The Morgan fingerprint density at radius 1 is 1.38 bits per heavy atom.